The zero-order valence-electron chi connectivity index (χ0n) is 10.8. The monoisotopic (exact) mass is 275 g/mol. The summed E-state index contributed by atoms with van der Waals surface area (Å²) in [7, 11) is 1.51. The second-order valence-electron chi connectivity index (χ2n) is 4.05. The van der Waals surface area contributed by atoms with Crippen molar-refractivity contribution in [3.63, 3.8) is 0 Å². The van der Waals surface area contributed by atoms with Gasteiger partial charge < -0.3 is 21.1 Å². The molecule has 0 spiro atoms. The lowest BCUT2D eigenvalue weighted by molar-refractivity contribution is 0.262. The van der Waals surface area contributed by atoms with E-state index in [9.17, 15) is 9.18 Å². The third-order valence-corrected chi connectivity index (χ3v) is 2.57. The normalized spacial score (nSPS) is 9.90. The van der Waals surface area contributed by atoms with Crippen molar-refractivity contribution in [1.82, 2.24) is 0 Å². The summed E-state index contributed by atoms with van der Waals surface area (Å²) in [5, 5.41) is 5.11. The Bertz CT molecular complexity index is 632. The van der Waals surface area contributed by atoms with Gasteiger partial charge in [0, 0.05) is 11.4 Å². The molecular weight excluding hydrogens is 261 g/mol. The zero-order valence-corrected chi connectivity index (χ0v) is 10.8. The Labute approximate surface area is 115 Å². The first-order valence-electron chi connectivity index (χ1n) is 5.85. The number of urea groups is 1. The Morgan fingerprint density at radius 2 is 1.85 bits per heavy atom. The van der Waals surface area contributed by atoms with Crippen LogP contribution in [0.5, 0.6) is 5.75 Å². The van der Waals surface area contributed by atoms with E-state index >= 15 is 0 Å². The second-order valence-corrected chi connectivity index (χ2v) is 4.05. The van der Waals surface area contributed by atoms with Crippen molar-refractivity contribution < 1.29 is 13.9 Å². The topological polar surface area (TPSA) is 76.4 Å². The number of methoxy groups -OCH3 is 1. The number of amides is 2. The maximum absolute atomic E-state index is 13.0. The summed E-state index contributed by atoms with van der Waals surface area (Å²) >= 11 is 0. The van der Waals surface area contributed by atoms with Crippen LogP contribution in [0.2, 0.25) is 0 Å². The summed E-state index contributed by atoms with van der Waals surface area (Å²) in [4.78, 5) is 11.7. The molecule has 2 amide bonds. The third-order valence-electron chi connectivity index (χ3n) is 2.57. The lowest BCUT2D eigenvalue weighted by Crippen LogP contribution is -2.19. The molecule has 0 bridgehead atoms. The number of anilines is 3. The molecule has 2 rings (SSSR count). The van der Waals surface area contributed by atoms with Gasteiger partial charge >= 0.3 is 6.03 Å². The van der Waals surface area contributed by atoms with Gasteiger partial charge in [0.1, 0.15) is 11.6 Å². The maximum Gasteiger partial charge on any atom is 0.323 e. The van der Waals surface area contributed by atoms with Crippen LogP contribution >= 0.6 is 0 Å². The molecule has 20 heavy (non-hydrogen) atoms. The molecule has 0 radical (unpaired) electrons. The number of carbonyl (C=O) groups is 1. The molecule has 0 fully saturated rings. The van der Waals surface area contributed by atoms with E-state index in [1.807, 2.05) is 0 Å². The van der Waals surface area contributed by atoms with Crippen LogP contribution in [-0.4, -0.2) is 13.1 Å². The van der Waals surface area contributed by atoms with Crippen molar-refractivity contribution >= 4 is 23.1 Å². The van der Waals surface area contributed by atoms with Gasteiger partial charge in [-0.1, -0.05) is 6.07 Å². The fourth-order valence-electron chi connectivity index (χ4n) is 1.67. The predicted molar refractivity (Wildman–Crippen MR) is 76.4 cm³/mol. The zero-order chi connectivity index (χ0) is 14.5. The van der Waals surface area contributed by atoms with E-state index in [0.29, 0.717) is 22.8 Å². The minimum absolute atomic E-state index is 0.365. The van der Waals surface area contributed by atoms with Crippen molar-refractivity contribution in [3.8, 4) is 5.75 Å². The van der Waals surface area contributed by atoms with E-state index in [4.69, 9.17) is 10.5 Å². The number of nitrogens with one attached hydrogen (secondary N) is 2. The highest BCUT2D eigenvalue weighted by atomic mass is 19.1. The summed E-state index contributed by atoms with van der Waals surface area (Å²) in [6, 6.07) is 10.0. The molecule has 2 aromatic carbocycles. The number of benzene rings is 2. The molecule has 0 atom stereocenters. The van der Waals surface area contributed by atoms with Gasteiger partial charge in [-0.05, 0) is 36.4 Å². The number of nitrogen functional groups attached to an aromatic ring is 1. The predicted octanol–water partition coefficient (Wildman–Crippen LogP) is 3.06. The number of hydrogen-bond donors (Lipinski definition) is 3. The Balaban J connectivity index is 2.03. The molecule has 5 nitrogen and oxygen atoms in total. The Kier molecular flexibility index (Phi) is 4.05. The molecule has 0 heterocycles. The first kappa shape index (κ1) is 13.7. The van der Waals surface area contributed by atoms with Crippen LogP contribution in [0.15, 0.2) is 42.5 Å². The molecular formula is C14H14FN3O2. The van der Waals surface area contributed by atoms with Crippen LogP contribution in [0.4, 0.5) is 26.2 Å². The minimum Gasteiger partial charge on any atom is -0.495 e. The molecule has 0 unspecified atom stereocenters. The van der Waals surface area contributed by atoms with Crippen LogP contribution in [0.3, 0.4) is 0 Å². The molecule has 0 saturated heterocycles. The highest BCUT2D eigenvalue weighted by molar-refractivity contribution is 6.00. The van der Waals surface area contributed by atoms with Gasteiger partial charge in [0.15, 0.2) is 0 Å². The van der Waals surface area contributed by atoms with Crippen LogP contribution in [-0.2, 0) is 0 Å². The molecule has 0 aliphatic rings. The summed E-state index contributed by atoms with van der Waals surface area (Å²) in [5.41, 5.74) is 7.02. The fourth-order valence-corrected chi connectivity index (χ4v) is 1.67. The van der Waals surface area contributed by atoms with Crippen molar-refractivity contribution in [3.05, 3.63) is 48.3 Å². The van der Waals surface area contributed by atoms with Gasteiger partial charge in [-0.15, -0.1) is 0 Å². The van der Waals surface area contributed by atoms with Crippen LogP contribution in [0.1, 0.15) is 0 Å². The van der Waals surface area contributed by atoms with Crippen LogP contribution in [0.25, 0.3) is 0 Å². The largest absolute Gasteiger partial charge is 0.495 e. The van der Waals surface area contributed by atoms with Crippen LogP contribution < -0.4 is 21.1 Å². The van der Waals surface area contributed by atoms with Crippen molar-refractivity contribution in [1.29, 1.82) is 0 Å². The third kappa shape index (κ3) is 3.38. The number of halogens is 1. The smallest absolute Gasteiger partial charge is 0.323 e. The maximum atomic E-state index is 13.0. The van der Waals surface area contributed by atoms with Crippen LogP contribution in [0, 0.1) is 5.82 Å². The van der Waals surface area contributed by atoms with E-state index < -0.39 is 11.8 Å². The Hall–Kier alpha value is -2.76. The highest BCUT2D eigenvalue weighted by Gasteiger charge is 2.05. The Morgan fingerprint density at radius 1 is 1.15 bits per heavy atom. The average Bonchev–Trinajstić information content (AvgIpc) is 2.38. The van der Waals surface area contributed by atoms with Gasteiger partial charge in [0.05, 0.1) is 12.8 Å². The van der Waals surface area contributed by atoms with E-state index in [2.05, 4.69) is 10.6 Å². The van der Waals surface area contributed by atoms with E-state index in [-0.39, 0.29) is 0 Å². The number of nitrogens with two attached hydrogens (primary N) is 1. The second kappa shape index (κ2) is 5.92. The molecule has 4 N–H and O–H groups in total. The molecule has 0 aromatic heterocycles. The van der Waals surface area contributed by atoms with Gasteiger partial charge in [-0.2, -0.15) is 0 Å². The summed E-state index contributed by atoms with van der Waals surface area (Å²) in [6.45, 7) is 0. The first-order chi connectivity index (χ1) is 9.58. The SMILES string of the molecule is COc1ccc(NC(=O)Nc2cccc(F)c2)cc1N. The van der Waals surface area contributed by atoms with Crippen molar-refractivity contribution in [2.45, 2.75) is 0 Å². The quantitative estimate of drug-likeness (QED) is 0.753. The van der Waals surface area contributed by atoms with Gasteiger partial charge in [0.2, 0.25) is 0 Å². The molecule has 6 heteroatoms. The summed E-state index contributed by atoms with van der Waals surface area (Å²) in [6.07, 6.45) is 0. The first-order valence-corrected chi connectivity index (χ1v) is 5.85. The highest BCUT2D eigenvalue weighted by Crippen LogP contribution is 2.24. The summed E-state index contributed by atoms with van der Waals surface area (Å²) < 4.78 is 18.0. The summed E-state index contributed by atoms with van der Waals surface area (Å²) in [5.74, 6) is 0.109. The molecule has 104 valence electrons. The van der Waals surface area contributed by atoms with Gasteiger partial charge in [-0.25, -0.2) is 9.18 Å². The number of hydrogen-bond acceptors (Lipinski definition) is 3. The molecule has 0 aliphatic carbocycles. The molecule has 0 saturated carbocycles. The number of ether oxygens (including phenoxy) is 1. The Morgan fingerprint density at radius 3 is 2.45 bits per heavy atom. The minimum atomic E-state index is -0.486. The average molecular weight is 275 g/mol. The van der Waals surface area contributed by atoms with E-state index in [0.717, 1.165) is 0 Å². The number of rotatable bonds is 3. The molecule has 0 aliphatic heterocycles. The van der Waals surface area contributed by atoms with Gasteiger partial charge in [0.25, 0.3) is 0 Å². The number of carbonyl (C=O) groups excluding carboxylic acids is 1. The standard InChI is InChI=1S/C14H14FN3O2/c1-20-13-6-5-11(8-12(13)16)18-14(19)17-10-4-2-3-9(15)7-10/h2-8H,16H2,1H3,(H2,17,18,19). The van der Waals surface area contributed by atoms with E-state index in [1.165, 1.54) is 25.3 Å². The van der Waals surface area contributed by atoms with Gasteiger partial charge in [-0.3, -0.25) is 0 Å². The lowest BCUT2D eigenvalue weighted by atomic mass is 10.2. The van der Waals surface area contributed by atoms with Crippen molar-refractivity contribution in [2.75, 3.05) is 23.5 Å². The molecule has 2 aromatic rings. The lowest BCUT2D eigenvalue weighted by Gasteiger charge is -2.10. The fraction of sp³-hybridized carbons (Fsp3) is 0.0714. The van der Waals surface area contributed by atoms with E-state index in [1.54, 1.807) is 24.3 Å². The van der Waals surface area contributed by atoms with Crippen molar-refractivity contribution in [2.24, 2.45) is 0 Å².